The van der Waals surface area contributed by atoms with E-state index in [4.69, 9.17) is 4.74 Å². The molecule has 1 saturated heterocycles. The first-order valence-corrected chi connectivity index (χ1v) is 12.6. The average Bonchev–Trinajstić information content (AvgIpc) is 2.83. The van der Waals surface area contributed by atoms with Crippen LogP contribution in [0.1, 0.15) is 25.8 Å². The van der Waals surface area contributed by atoms with Crippen LogP contribution in [0.5, 0.6) is 5.75 Å². The van der Waals surface area contributed by atoms with E-state index in [-0.39, 0.29) is 5.91 Å². The van der Waals surface area contributed by atoms with Gasteiger partial charge in [-0.25, -0.2) is 8.42 Å². The van der Waals surface area contributed by atoms with Crippen molar-refractivity contribution < 1.29 is 17.9 Å². The summed E-state index contributed by atoms with van der Waals surface area (Å²) >= 11 is 0. The number of amides is 1. The summed E-state index contributed by atoms with van der Waals surface area (Å²) in [4.78, 5) is 17.2. The number of carbonyl (C=O) groups is 1. The fourth-order valence-corrected chi connectivity index (χ4v) is 5.42. The zero-order valence-electron chi connectivity index (χ0n) is 19.2. The van der Waals surface area contributed by atoms with Gasteiger partial charge < -0.3 is 14.5 Å². The van der Waals surface area contributed by atoms with E-state index in [1.165, 1.54) is 4.31 Å². The summed E-state index contributed by atoms with van der Waals surface area (Å²) in [7, 11) is -1.80. The van der Waals surface area contributed by atoms with Gasteiger partial charge in [0.05, 0.1) is 12.0 Å². The number of carbonyl (C=O) groups excluding carboxylic acids is 1. The summed E-state index contributed by atoms with van der Waals surface area (Å²) in [5, 5.41) is 0. The van der Waals surface area contributed by atoms with Crippen LogP contribution in [0.2, 0.25) is 0 Å². The predicted octanol–water partition coefficient (Wildman–Crippen LogP) is 3.01. The summed E-state index contributed by atoms with van der Waals surface area (Å²) in [6.45, 7) is 7.56. The van der Waals surface area contributed by atoms with Crippen LogP contribution in [0.4, 0.5) is 5.69 Å². The largest absolute Gasteiger partial charge is 0.497 e. The number of ether oxygens (including phenoxy) is 1. The topological polar surface area (TPSA) is 70.2 Å². The quantitative estimate of drug-likeness (QED) is 0.577. The molecule has 0 N–H and O–H groups in total. The number of anilines is 1. The van der Waals surface area contributed by atoms with E-state index in [1.807, 2.05) is 55.1 Å². The maximum absolute atomic E-state index is 12.7. The second-order valence-corrected chi connectivity index (χ2v) is 9.74. The molecule has 1 heterocycles. The van der Waals surface area contributed by atoms with Crippen LogP contribution in [0.25, 0.3) is 0 Å². The number of aryl methyl sites for hydroxylation is 1. The minimum absolute atomic E-state index is 0.138. The van der Waals surface area contributed by atoms with Crippen molar-refractivity contribution in [2.75, 3.05) is 51.3 Å². The first kappa shape index (κ1) is 24.1. The van der Waals surface area contributed by atoms with Gasteiger partial charge in [-0.15, -0.1) is 0 Å². The molecule has 1 fully saturated rings. The fourth-order valence-electron chi connectivity index (χ4n) is 3.96. The lowest BCUT2D eigenvalue weighted by atomic mass is 10.1. The lowest BCUT2D eigenvalue weighted by molar-refractivity contribution is -0.131. The molecule has 0 aliphatic carbocycles. The Morgan fingerprint density at radius 3 is 2.06 bits per heavy atom. The average molecular weight is 460 g/mol. The van der Waals surface area contributed by atoms with Crippen molar-refractivity contribution in [2.24, 2.45) is 0 Å². The number of hydrogen-bond donors (Lipinski definition) is 0. The highest BCUT2D eigenvalue weighted by Gasteiger charge is 2.22. The molecule has 0 saturated carbocycles. The summed E-state index contributed by atoms with van der Waals surface area (Å²) in [6, 6.07) is 14.9. The van der Waals surface area contributed by atoms with Crippen molar-refractivity contribution in [2.45, 2.75) is 31.6 Å². The smallest absolute Gasteiger partial charge is 0.243 e. The Morgan fingerprint density at radius 2 is 1.53 bits per heavy atom. The molecule has 174 valence electrons. The third-order valence-corrected chi connectivity index (χ3v) is 8.03. The van der Waals surface area contributed by atoms with E-state index in [1.54, 1.807) is 19.2 Å². The highest BCUT2D eigenvalue weighted by atomic mass is 32.2. The van der Waals surface area contributed by atoms with Crippen molar-refractivity contribution in [1.29, 1.82) is 0 Å². The normalized spacial score (nSPS) is 14.6. The van der Waals surface area contributed by atoms with Gasteiger partial charge in [-0.05, 0) is 48.4 Å². The van der Waals surface area contributed by atoms with Gasteiger partial charge in [-0.1, -0.05) is 26.0 Å². The van der Waals surface area contributed by atoms with Gasteiger partial charge >= 0.3 is 0 Å². The lowest BCUT2D eigenvalue weighted by Gasteiger charge is -2.36. The molecule has 7 nitrogen and oxygen atoms in total. The summed E-state index contributed by atoms with van der Waals surface area (Å²) < 4.78 is 31.8. The fraction of sp³-hybridized carbons (Fsp3) is 0.458. The van der Waals surface area contributed by atoms with Crippen LogP contribution >= 0.6 is 0 Å². The van der Waals surface area contributed by atoms with Crippen LogP contribution in [-0.4, -0.2) is 69.9 Å². The minimum Gasteiger partial charge on any atom is -0.497 e. The molecule has 0 bridgehead atoms. The first-order valence-electron chi connectivity index (χ1n) is 11.1. The van der Waals surface area contributed by atoms with Crippen LogP contribution in [0, 0.1) is 0 Å². The number of hydrogen-bond acceptors (Lipinski definition) is 5. The Morgan fingerprint density at radius 1 is 0.938 bits per heavy atom. The Labute approximate surface area is 191 Å². The molecule has 0 aromatic heterocycles. The molecule has 1 amide bonds. The maximum Gasteiger partial charge on any atom is 0.243 e. The van der Waals surface area contributed by atoms with Crippen molar-refractivity contribution in [3.8, 4) is 5.75 Å². The zero-order chi connectivity index (χ0) is 23.1. The number of benzene rings is 2. The first-order chi connectivity index (χ1) is 15.4. The van der Waals surface area contributed by atoms with Crippen molar-refractivity contribution in [3.63, 3.8) is 0 Å². The maximum atomic E-state index is 12.7. The Kier molecular flexibility index (Phi) is 8.15. The SMILES string of the molecule is CCN(CC)S(=O)(=O)c1ccc(CCC(=O)N2CCN(c3ccc(OC)cc3)CC2)cc1. The van der Waals surface area contributed by atoms with Crippen LogP contribution in [-0.2, 0) is 21.2 Å². The Balaban J connectivity index is 1.50. The van der Waals surface area contributed by atoms with Gasteiger partial charge in [-0.3, -0.25) is 4.79 Å². The molecule has 0 radical (unpaired) electrons. The second kappa shape index (κ2) is 10.8. The van der Waals surface area contributed by atoms with Crippen molar-refractivity contribution in [3.05, 3.63) is 54.1 Å². The third-order valence-electron chi connectivity index (χ3n) is 5.96. The molecule has 2 aromatic rings. The van der Waals surface area contributed by atoms with E-state index < -0.39 is 10.0 Å². The third kappa shape index (κ3) is 5.61. The molecule has 0 unspecified atom stereocenters. The standard InChI is InChI=1S/C24H33N3O4S/c1-4-27(5-2)32(29,30)23-13-6-20(7-14-23)8-15-24(28)26-18-16-25(17-19-26)21-9-11-22(31-3)12-10-21/h6-7,9-14H,4-5,8,15-19H2,1-3H3. The Hall–Kier alpha value is -2.58. The van der Waals surface area contributed by atoms with E-state index in [0.717, 1.165) is 30.1 Å². The predicted molar refractivity (Wildman–Crippen MR) is 127 cm³/mol. The molecule has 1 aliphatic heterocycles. The molecular formula is C24H33N3O4S. The molecule has 3 rings (SSSR count). The number of nitrogens with zero attached hydrogens (tertiary/aromatic N) is 3. The van der Waals surface area contributed by atoms with Gasteiger partial charge in [0.1, 0.15) is 5.75 Å². The number of methoxy groups -OCH3 is 1. The highest BCUT2D eigenvalue weighted by molar-refractivity contribution is 7.89. The summed E-state index contributed by atoms with van der Waals surface area (Å²) in [5.74, 6) is 0.973. The van der Waals surface area contributed by atoms with E-state index in [2.05, 4.69) is 4.90 Å². The zero-order valence-corrected chi connectivity index (χ0v) is 20.0. The van der Waals surface area contributed by atoms with Crippen LogP contribution in [0.3, 0.4) is 0 Å². The van der Waals surface area contributed by atoms with E-state index in [0.29, 0.717) is 43.9 Å². The van der Waals surface area contributed by atoms with Crippen LogP contribution < -0.4 is 9.64 Å². The molecule has 1 aliphatic rings. The van der Waals surface area contributed by atoms with Crippen molar-refractivity contribution in [1.82, 2.24) is 9.21 Å². The minimum atomic E-state index is -3.45. The molecule has 8 heteroatoms. The van der Waals surface area contributed by atoms with E-state index in [9.17, 15) is 13.2 Å². The van der Waals surface area contributed by atoms with Gasteiger partial charge in [0, 0.05) is 51.4 Å². The van der Waals surface area contributed by atoms with Gasteiger partial charge in [0.15, 0.2) is 0 Å². The van der Waals surface area contributed by atoms with Gasteiger partial charge in [-0.2, -0.15) is 4.31 Å². The molecule has 0 spiro atoms. The highest BCUT2D eigenvalue weighted by Crippen LogP contribution is 2.21. The van der Waals surface area contributed by atoms with Gasteiger partial charge in [0.25, 0.3) is 0 Å². The summed E-state index contributed by atoms with van der Waals surface area (Å²) in [5.41, 5.74) is 2.10. The van der Waals surface area contributed by atoms with Crippen LogP contribution in [0.15, 0.2) is 53.4 Å². The molecule has 32 heavy (non-hydrogen) atoms. The number of rotatable bonds is 9. The second-order valence-electron chi connectivity index (χ2n) is 7.80. The van der Waals surface area contributed by atoms with E-state index >= 15 is 0 Å². The lowest BCUT2D eigenvalue weighted by Crippen LogP contribution is -2.48. The van der Waals surface area contributed by atoms with Gasteiger partial charge in [0.2, 0.25) is 15.9 Å². The van der Waals surface area contributed by atoms with Crippen molar-refractivity contribution >= 4 is 21.6 Å². The number of sulfonamides is 1. The number of piperazine rings is 1. The molecular weight excluding hydrogens is 426 g/mol. The summed E-state index contributed by atoms with van der Waals surface area (Å²) in [6.07, 6.45) is 1.02. The molecule has 2 aromatic carbocycles. The Bertz CT molecular complexity index is 979. The monoisotopic (exact) mass is 459 g/mol. The molecule has 0 atom stereocenters.